The number of nitrogens with zero attached hydrogens (tertiary/aromatic N) is 1. The van der Waals surface area contributed by atoms with E-state index in [1.165, 1.54) is 0 Å². The molecule has 0 aliphatic heterocycles. The van der Waals surface area contributed by atoms with Crippen LogP contribution in [0.25, 0.3) is 23.1 Å². The first-order valence-corrected chi connectivity index (χ1v) is 13.5. The number of amides is 3. The van der Waals surface area contributed by atoms with Gasteiger partial charge in [0, 0.05) is 28.2 Å². The fourth-order valence-corrected chi connectivity index (χ4v) is 5.24. The molecule has 0 fully saturated rings. The topological polar surface area (TPSA) is 98.9 Å². The van der Waals surface area contributed by atoms with Crippen LogP contribution in [0.3, 0.4) is 0 Å². The number of fused-ring (bicyclic) bond motifs is 1. The van der Waals surface area contributed by atoms with Gasteiger partial charge in [0.15, 0.2) is 0 Å². The van der Waals surface area contributed by atoms with E-state index in [9.17, 15) is 9.59 Å². The number of hydrogen-bond acceptors (Lipinski definition) is 5. The van der Waals surface area contributed by atoms with Gasteiger partial charge in [-0.3, -0.25) is 9.89 Å². The third-order valence-electron chi connectivity index (χ3n) is 5.74. The molecule has 3 heterocycles. The van der Waals surface area contributed by atoms with Crippen molar-refractivity contribution in [3.8, 4) is 0 Å². The predicted octanol–water partition coefficient (Wildman–Crippen LogP) is 6.67. The number of aromatic nitrogens is 2. The Labute approximate surface area is 222 Å². The average Bonchev–Trinajstić information content (AvgIpc) is 3.65. The highest BCUT2D eigenvalue weighted by Gasteiger charge is 2.11. The highest BCUT2D eigenvalue weighted by Crippen LogP contribution is 2.26. The maximum atomic E-state index is 12.5. The lowest BCUT2D eigenvalue weighted by Crippen LogP contribution is -2.27. The van der Waals surface area contributed by atoms with Gasteiger partial charge in [0.1, 0.15) is 0 Å². The van der Waals surface area contributed by atoms with Crippen molar-refractivity contribution in [2.75, 3.05) is 10.6 Å². The maximum Gasteiger partial charge on any atom is 0.319 e. The van der Waals surface area contributed by atoms with Gasteiger partial charge in [0.25, 0.3) is 0 Å². The second-order valence-corrected chi connectivity index (χ2v) is 10.3. The Bertz CT molecular complexity index is 1550. The quantitative estimate of drug-likeness (QED) is 0.181. The molecular formula is C28H25N5O2S2. The van der Waals surface area contributed by atoms with E-state index in [0.717, 1.165) is 43.9 Å². The molecule has 3 aromatic heterocycles. The van der Waals surface area contributed by atoms with Crippen molar-refractivity contribution in [2.24, 2.45) is 0 Å². The molecule has 0 spiro atoms. The third-order valence-corrected chi connectivity index (χ3v) is 7.35. The number of aromatic amines is 1. The molecule has 2 aromatic carbocycles. The molecule has 3 amide bonds. The summed E-state index contributed by atoms with van der Waals surface area (Å²) in [6.07, 6.45) is 4.21. The van der Waals surface area contributed by atoms with Gasteiger partial charge in [-0.2, -0.15) is 16.4 Å². The van der Waals surface area contributed by atoms with Crippen molar-refractivity contribution in [3.05, 3.63) is 98.0 Å². The van der Waals surface area contributed by atoms with E-state index in [0.29, 0.717) is 18.7 Å². The zero-order chi connectivity index (χ0) is 25.6. The molecule has 0 unspecified atom stereocenters. The number of aryl methyl sites for hydroxylation is 1. The number of rotatable bonds is 8. The van der Waals surface area contributed by atoms with Crippen molar-refractivity contribution in [3.63, 3.8) is 0 Å². The van der Waals surface area contributed by atoms with Crippen molar-refractivity contribution in [2.45, 2.75) is 19.9 Å². The summed E-state index contributed by atoms with van der Waals surface area (Å²) in [6, 6.07) is 17.2. The monoisotopic (exact) mass is 527 g/mol. The van der Waals surface area contributed by atoms with Gasteiger partial charge in [-0.15, -0.1) is 11.3 Å². The summed E-state index contributed by atoms with van der Waals surface area (Å²) in [7, 11) is 0. The van der Waals surface area contributed by atoms with Crippen LogP contribution in [-0.2, 0) is 17.8 Å². The Kier molecular flexibility index (Phi) is 7.43. The summed E-state index contributed by atoms with van der Waals surface area (Å²) >= 11 is 3.17. The summed E-state index contributed by atoms with van der Waals surface area (Å²) in [6.45, 7) is 2.45. The molecule has 186 valence electrons. The molecule has 0 saturated carbocycles. The number of hydrogen-bond donors (Lipinski definition) is 4. The molecule has 0 saturated heterocycles. The van der Waals surface area contributed by atoms with E-state index in [1.807, 2.05) is 89.8 Å². The Balaban J connectivity index is 1.27. The number of urea groups is 1. The number of carbonyl (C=O) groups is 2. The predicted molar refractivity (Wildman–Crippen MR) is 153 cm³/mol. The smallest absolute Gasteiger partial charge is 0.319 e. The zero-order valence-electron chi connectivity index (χ0n) is 20.1. The third kappa shape index (κ3) is 6.32. The first-order valence-electron chi connectivity index (χ1n) is 11.7. The van der Waals surface area contributed by atoms with Gasteiger partial charge in [-0.25, -0.2) is 4.79 Å². The molecular weight excluding hydrogens is 502 g/mol. The minimum absolute atomic E-state index is 0.0471. The summed E-state index contributed by atoms with van der Waals surface area (Å²) in [5.74, 6) is -0.0471. The fraction of sp³-hybridized carbons (Fsp3) is 0.107. The summed E-state index contributed by atoms with van der Waals surface area (Å²) in [5.41, 5.74) is 6.07. The molecule has 0 atom stereocenters. The van der Waals surface area contributed by atoms with Gasteiger partial charge in [-0.1, -0.05) is 24.3 Å². The van der Waals surface area contributed by atoms with E-state index in [4.69, 9.17) is 0 Å². The lowest BCUT2D eigenvalue weighted by Gasteiger charge is -2.08. The highest BCUT2D eigenvalue weighted by atomic mass is 32.1. The number of H-pyrrole nitrogens is 1. The van der Waals surface area contributed by atoms with Crippen LogP contribution in [0.4, 0.5) is 16.2 Å². The number of benzene rings is 2. The SMILES string of the molecule is Cc1cc2[nH]nc(/C=C/c3cccc(NC(=O)NCc4ccsc4)c3)c2cc1NC(=O)Cc1cccs1. The van der Waals surface area contributed by atoms with Crippen molar-refractivity contribution >= 4 is 69.0 Å². The van der Waals surface area contributed by atoms with Crippen molar-refractivity contribution in [1.29, 1.82) is 0 Å². The second kappa shape index (κ2) is 11.2. The van der Waals surface area contributed by atoms with Crippen LogP contribution in [0, 0.1) is 6.92 Å². The number of thiophene rings is 2. The van der Waals surface area contributed by atoms with Gasteiger partial charge in [0.05, 0.1) is 17.6 Å². The average molecular weight is 528 g/mol. The van der Waals surface area contributed by atoms with Crippen LogP contribution in [-0.4, -0.2) is 22.1 Å². The number of nitrogens with one attached hydrogen (secondary N) is 4. The Morgan fingerprint density at radius 3 is 2.76 bits per heavy atom. The summed E-state index contributed by atoms with van der Waals surface area (Å²) in [5, 5.41) is 23.2. The first-order chi connectivity index (χ1) is 18.0. The van der Waals surface area contributed by atoms with Crippen molar-refractivity contribution < 1.29 is 9.59 Å². The molecule has 37 heavy (non-hydrogen) atoms. The maximum absolute atomic E-state index is 12.5. The van der Waals surface area contributed by atoms with E-state index in [2.05, 4.69) is 26.1 Å². The zero-order valence-corrected chi connectivity index (χ0v) is 21.7. The van der Waals surface area contributed by atoms with Crippen LogP contribution < -0.4 is 16.0 Å². The highest BCUT2D eigenvalue weighted by molar-refractivity contribution is 7.10. The minimum atomic E-state index is -0.255. The molecule has 0 radical (unpaired) electrons. The normalized spacial score (nSPS) is 11.2. The molecule has 5 aromatic rings. The lowest BCUT2D eigenvalue weighted by atomic mass is 10.1. The summed E-state index contributed by atoms with van der Waals surface area (Å²) in [4.78, 5) is 25.8. The van der Waals surface area contributed by atoms with Crippen LogP contribution >= 0.6 is 22.7 Å². The van der Waals surface area contributed by atoms with Crippen LogP contribution in [0.2, 0.25) is 0 Å². The van der Waals surface area contributed by atoms with Crippen LogP contribution in [0.1, 0.15) is 27.3 Å². The van der Waals surface area contributed by atoms with Gasteiger partial charge in [0.2, 0.25) is 5.91 Å². The Hall–Kier alpha value is -4.21. The molecule has 0 aliphatic carbocycles. The van der Waals surface area contributed by atoms with Gasteiger partial charge < -0.3 is 16.0 Å². The van der Waals surface area contributed by atoms with Crippen molar-refractivity contribution in [1.82, 2.24) is 15.5 Å². The molecule has 0 aliphatic rings. The largest absolute Gasteiger partial charge is 0.334 e. The van der Waals surface area contributed by atoms with E-state index < -0.39 is 0 Å². The van der Waals surface area contributed by atoms with Gasteiger partial charge >= 0.3 is 6.03 Å². The molecule has 5 rings (SSSR count). The molecule has 7 nitrogen and oxygen atoms in total. The molecule has 9 heteroatoms. The van der Waals surface area contributed by atoms with E-state index in [-0.39, 0.29) is 11.9 Å². The fourth-order valence-electron chi connectivity index (χ4n) is 3.87. The standard InChI is InChI=1S/C28H25N5O2S2/c1-18-12-26-23(15-25(18)31-27(34)14-22-6-3-10-37-22)24(32-33-26)8-7-19-4-2-5-21(13-19)30-28(35)29-16-20-9-11-36-17-20/h2-13,15,17H,14,16H2,1H3,(H,31,34)(H,32,33)(H2,29,30,35)/b8-7+. The first kappa shape index (κ1) is 24.5. The Morgan fingerprint density at radius 2 is 1.95 bits per heavy atom. The van der Waals surface area contributed by atoms with Crippen LogP contribution in [0.5, 0.6) is 0 Å². The Morgan fingerprint density at radius 1 is 1.03 bits per heavy atom. The number of carbonyl (C=O) groups excluding carboxylic acids is 2. The van der Waals surface area contributed by atoms with E-state index in [1.54, 1.807) is 22.7 Å². The van der Waals surface area contributed by atoms with Gasteiger partial charge in [-0.05, 0) is 82.2 Å². The molecule has 4 N–H and O–H groups in total. The molecule has 0 bridgehead atoms. The lowest BCUT2D eigenvalue weighted by molar-refractivity contribution is -0.115. The summed E-state index contributed by atoms with van der Waals surface area (Å²) < 4.78 is 0. The van der Waals surface area contributed by atoms with E-state index >= 15 is 0 Å². The minimum Gasteiger partial charge on any atom is -0.334 e. The second-order valence-electron chi connectivity index (χ2n) is 8.52. The number of anilines is 2. The van der Waals surface area contributed by atoms with Crippen LogP contribution in [0.15, 0.2) is 70.7 Å².